The first-order chi connectivity index (χ1) is 16.0. The molecule has 166 valence electrons. The highest BCUT2D eigenvalue weighted by Gasteiger charge is 2.18. The maximum Gasteiger partial charge on any atom is 0.339 e. The van der Waals surface area contributed by atoms with Crippen LogP contribution < -0.4 is 10.1 Å². The van der Waals surface area contributed by atoms with Crippen molar-refractivity contribution in [3.63, 3.8) is 0 Å². The quantitative estimate of drug-likeness (QED) is 0.341. The molecule has 0 aliphatic heterocycles. The fourth-order valence-electron chi connectivity index (χ4n) is 3.32. The molecule has 0 aliphatic rings. The number of hydrogen-bond donors (Lipinski definition) is 1. The molecule has 0 bridgehead atoms. The molecule has 33 heavy (non-hydrogen) atoms. The van der Waals surface area contributed by atoms with Gasteiger partial charge in [-0.15, -0.1) is 0 Å². The number of amides is 1. The molecule has 0 saturated carbocycles. The number of ether oxygens (including phenoxy) is 2. The molecule has 1 heterocycles. The Bertz CT molecular complexity index is 1360. The first kappa shape index (κ1) is 22.6. The summed E-state index contributed by atoms with van der Waals surface area (Å²) < 4.78 is 10.5. The van der Waals surface area contributed by atoms with Crippen LogP contribution in [-0.2, 0) is 9.53 Å². The van der Waals surface area contributed by atoms with E-state index in [-0.39, 0.29) is 5.56 Å². The van der Waals surface area contributed by atoms with E-state index < -0.39 is 18.5 Å². The minimum Gasteiger partial charge on any atom is -0.495 e. The number of esters is 1. The number of nitrogens with one attached hydrogen (secondary N) is 1. The second-order valence-corrected chi connectivity index (χ2v) is 7.86. The molecule has 4 aromatic rings. The Kier molecular flexibility index (Phi) is 6.77. The summed E-state index contributed by atoms with van der Waals surface area (Å²) in [7, 11) is 1.50. The smallest absolute Gasteiger partial charge is 0.339 e. The van der Waals surface area contributed by atoms with E-state index in [4.69, 9.17) is 32.7 Å². The molecule has 0 radical (unpaired) electrons. The molecule has 4 rings (SSSR count). The summed E-state index contributed by atoms with van der Waals surface area (Å²) in [5, 5.41) is 4.17. The predicted molar refractivity (Wildman–Crippen MR) is 129 cm³/mol. The second kappa shape index (κ2) is 9.90. The van der Waals surface area contributed by atoms with Crippen molar-refractivity contribution >= 4 is 51.7 Å². The molecule has 8 heteroatoms. The van der Waals surface area contributed by atoms with Crippen molar-refractivity contribution in [2.75, 3.05) is 19.0 Å². The summed E-state index contributed by atoms with van der Waals surface area (Å²) in [6.07, 6.45) is 0. The Labute approximate surface area is 200 Å². The van der Waals surface area contributed by atoms with E-state index in [0.29, 0.717) is 43.6 Å². The Morgan fingerprint density at radius 1 is 0.970 bits per heavy atom. The Morgan fingerprint density at radius 2 is 1.73 bits per heavy atom. The number of halogens is 2. The van der Waals surface area contributed by atoms with Gasteiger partial charge in [0.2, 0.25) is 0 Å². The van der Waals surface area contributed by atoms with Crippen LogP contribution in [0.5, 0.6) is 5.75 Å². The molecule has 1 N–H and O–H groups in total. The monoisotopic (exact) mass is 480 g/mol. The van der Waals surface area contributed by atoms with Gasteiger partial charge >= 0.3 is 5.97 Å². The van der Waals surface area contributed by atoms with Crippen molar-refractivity contribution < 1.29 is 19.1 Å². The second-order valence-electron chi connectivity index (χ2n) is 7.02. The van der Waals surface area contributed by atoms with Gasteiger partial charge < -0.3 is 14.8 Å². The third kappa shape index (κ3) is 5.08. The van der Waals surface area contributed by atoms with Crippen LogP contribution in [0.25, 0.3) is 22.2 Å². The van der Waals surface area contributed by atoms with Crippen LogP contribution in [0.2, 0.25) is 10.0 Å². The number of rotatable bonds is 6. The molecule has 3 aromatic carbocycles. The van der Waals surface area contributed by atoms with Gasteiger partial charge in [-0.05, 0) is 42.5 Å². The molecule has 0 atom stereocenters. The molecular formula is C25H18Cl2N2O4. The van der Waals surface area contributed by atoms with Gasteiger partial charge in [0, 0.05) is 16.0 Å². The van der Waals surface area contributed by atoms with Crippen LogP contribution in [0.4, 0.5) is 5.69 Å². The van der Waals surface area contributed by atoms with Crippen LogP contribution in [0.15, 0.2) is 72.8 Å². The van der Waals surface area contributed by atoms with Gasteiger partial charge in [0.25, 0.3) is 5.91 Å². The predicted octanol–water partition coefficient (Wildman–Crippen LogP) is 6.01. The fourth-order valence-corrected chi connectivity index (χ4v) is 3.83. The summed E-state index contributed by atoms with van der Waals surface area (Å²) in [5.74, 6) is -0.649. The lowest BCUT2D eigenvalue weighted by molar-refractivity contribution is -0.119. The average Bonchev–Trinajstić information content (AvgIpc) is 2.82. The summed E-state index contributed by atoms with van der Waals surface area (Å²) >= 11 is 12.4. The molecule has 1 amide bonds. The van der Waals surface area contributed by atoms with Gasteiger partial charge in [0.15, 0.2) is 6.61 Å². The van der Waals surface area contributed by atoms with Gasteiger partial charge in [0.1, 0.15) is 5.75 Å². The molecule has 0 spiro atoms. The zero-order chi connectivity index (χ0) is 23.4. The molecule has 0 saturated heterocycles. The van der Waals surface area contributed by atoms with Crippen molar-refractivity contribution in [2.24, 2.45) is 0 Å². The van der Waals surface area contributed by atoms with E-state index in [1.807, 2.05) is 6.07 Å². The van der Waals surface area contributed by atoms with Gasteiger partial charge in [-0.3, -0.25) is 4.79 Å². The van der Waals surface area contributed by atoms with Crippen molar-refractivity contribution in [1.82, 2.24) is 4.98 Å². The number of carbonyl (C=O) groups is 2. The lowest BCUT2D eigenvalue weighted by Crippen LogP contribution is -2.21. The number of aromatic nitrogens is 1. The SMILES string of the molecule is COc1ccccc1NC(=O)COC(=O)c1cc(-c2ccc(Cl)cc2Cl)nc2ccccc12. The van der Waals surface area contributed by atoms with Crippen molar-refractivity contribution in [3.8, 4) is 17.0 Å². The summed E-state index contributed by atoms with van der Waals surface area (Å²) in [6, 6.07) is 20.7. The number of hydrogen-bond acceptors (Lipinski definition) is 5. The summed E-state index contributed by atoms with van der Waals surface area (Å²) in [4.78, 5) is 29.9. The Morgan fingerprint density at radius 3 is 2.52 bits per heavy atom. The number of anilines is 1. The highest BCUT2D eigenvalue weighted by molar-refractivity contribution is 6.36. The van der Waals surface area contributed by atoms with E-state index >= 15 is 0 Å². The number of pyridine rings is 1. The average molecular weight is 481 g/mol. The van der Waals surface area contributed by atoms with Gasteiger partial charge in [0.05, 0.1) is 34.6 Å². The van der Waals surface area contributed by atoms with E-state index in [2.05, 4.69) is 10.3 Å². The maximum absolute atomic E-state index is 13.0. The van der Waals surface area contributed by atoms with E-state index in [0.717, 1.165) is 0 Å². The molecule has 0 unspecified atom stereocenters. The summed E-state index contributed by atoms with van der Waals surface area (Å²) in [5.41, 5.74) is 2.45. The third-order valence-corrected chi connectivity index (χ3v) is 5.41. The largest absolute Gasteiger partial charge is 0.495 e. The lowest BCUT2D eigenvalue weighted by atomic mass is 10.0. The Balaban J connectivity index is 1.59. The number of para-hydroxylation sites is 3. The number of fused-ring (bicyclic) bond motifs is 1. The van der Waals surface area contributed by atoms with E-state index in [1.54, 1.807) is 66.7 Å². The fraction of sp³-hybridized carbons (Fsp3) is 0.0800. The van der Waals surface area contributed by atoms with Crippen LogP contribution >= 0.6 is 23.2 Å². The minimum atomic E-state index is -0.657. The zero-order valence-electron chi connectivity index (χ0n) is 17.5. The number of benzene rings is 3. The molecule has 1 aromatic heterocycles. The van der Waals surface area contributed by atoms with Crippen molar-refractivity contribution in [3.05, 3.63) is 88.4 Å². The van der Waals surface area contributed by atoms with Gasteiger partial charge in [-0.1, -0.05) is 53.5 Å². The van der Waals surface area contributed by atoms with Crippen molar-refractivity contribution in [1.29, 1.82) is 0 Å². The molecular weight excluding hydrogens is 463 g/mol. The minimum absolute atomic E-state index is 0.270. The standard InChI is InChI=1S/C25H18Cl2N2O4/c1-32-23-9-5-4-8-21(23)29-24(30)14-33-25(31)18-13-22(17-11-10-15(26)12-19(17)27)28-20-7-3-2-6-16(18)20/h2-13H,14H2,1H3,(H,29,30). The molecule has 0 aliphatic carbocycles. The number of carbonyl (C=O) groups excluding carboxylic acids is 2. The van der Waals surface area contributed by atoms with Crippen LogP contribution in [0, 0.1) is 0 Å². The first-order valence-electron chi connectivity index (χ1n) is 9.91. The molecule has 0 fully saturated rings. The topological polar surface area (TPSA) is 77.5 Å². The highest BCUT2D eigenvalue weighted by atomic mass is 35.5. The molecule has 6 nitrogen and oxygen atoms in total. The van der Waals surface area contributed by atoms with Gasteiger partial charge in [-0.25, -0.2) is 9.78 Å². The van der Waals surface area contributed by atoms with Crippen LogP contribution in [0.3, 0.4) is 0 Å². The third-order valence-electron chi connectivity index (χ3n) is 4.86. The van der Waals surface area contributed by atoms with E-state index in [1.165, 1.54) is 7.11 Å². The first-order valence-corrected chi connectivity index (χ1v) is 10.7. The van der Waals surface area contributed by atoms with Gasteiger partial charge in [-0.2, -0.15) is 0 Å². The number of nitrogens with zero attached hydrogens (tertiary/aromatic N) is 1. The Hall–Kier alpha value is -3.61. The lowest BCUT2D eigenvalue weighted by Gasteiger charge is -2.12. The summed E-state index contributed by atoms with van der Waals surface area (Å²) in [6.45, 7) is -0.468. The number of methoxy groups -OCH3 is 1. The maximum atomic E-state index is 13.0. The highest BCUT2D eigenvalue weighted by Crippen LogP contribution is 2.32. The van der Waals surface area contributed by atoms with Crippen LogP contribution in [0.1, 0.15) is 10.4 Å². The van der Waals surface area contributed by atoms with Crippen molar-refractivity contribution in [2.45, 2.75) is 0 Å². The van der Waals surface area contributed by atoms with E-state index in [9.17, 15) is 9.59 Å². The normalized spacial score (nSPS) is 10.6. The van der Waals surface area contributed by atoms with Crippen LogP contribution in [-0.4, -0.2) is 30.6 Å². The zero-order valence-corrected chi connectivity index (χ0v) is 19.0.